The molecule has 7 nitrogen and oxygen atoms in total. The van der Waals surface area contributed by atoms with Crippen molar-refractivity contribution >= 4 is 34.3 Å². The van der Waals surface area contributed by atoms with Gasteiger partial charge in [-0.3, -0.25) is 9.36 Å². The van der Waals surface area contributed by atoms with E-state index in [1.165, 1.54) is 23.9 Å². The second kappa shape index (κ2) is 10.0. The van der Waals surface area contributed by atoms with Crippen LogP contribution in [-0.2, 0) is 4.79 Å². The number of aromatic nitrogens is 4. The van der Waals surface area contributed by atoms with Crippen LogP contribution < -0.4 is 10.1 Å². The molecule has 0 unspecified atom stereocenters. The summed E-state index contributed by atoms with van der Waals surface area (Å²) in [4.78, 5) is 16.0. The van der Waals surface area contributed by atoms with Gasteiger partial charge in [0.25, 0.3) is 0 Å². The number of carbonyl (C=O) groups is 1. The Balaban J connectivity index is 1.44. The van der Waals surface area contributed by atoms with E-state index >= 15 is 0 Å². The topological polar surface area (TPSA) is 84.8 Å². The summed E-state index contributed by atoms with van der Waals surface area (Å²) in [6.45, 7) is 2.39. The predicted molar refractivity (Wildman–Crippen MR) is 136 cm³/mol. The SMILES string of the molecule is CCOc1ccccc1NC(=O)CSc1nnc(-c2c[nH]c3ccccc23)n1-c1ccc(F)cc1. The fourth-order valence-electron chi connectivity index (χ4n) is 3.78. The van der Waals surface area contributed by atoms with E-state index in [9.17, 15) is 9.18 Å². The lowest BCUT2D eigenvalue weighted by molar-refractivity contribution is -0.113. The van der Waals surface area contributed by atoms with Crippen LogP contribution in [0.25, 0.3) is 28.0 Å². The van der Waals surface area contributed by atoms with Crippen molar-refractivity contribution in [2.45, 2.75) is 12.1 Å². The smallest absolute Gasteiger partial charge is 0.234 e. The summed E-state index contributed by atoms with van der Waals surface area (Å²) in [7, 11) is 0. The molecule has 176 valence electrons. The highest BCUT2D eigenvalue weighted by Gasteiger charge is 2.20. The van der Waals surface area contributed by atoms with E-state index < -0.39 is 0 Å². The molecule has 0 radical (unpaired) electrons. The Morgan fingerprint density at radius 2 is 1.83 bits per heavy atom. The average Bonchev–Trinajstić information content (AvgIpc) is 3.49. The third kappa shape index (κ3) is 4.76. The molecule has 0 aliphatic carbocycles. The molecule has 0 fully saturated rings. The molecule has 2 aromatic heterocycles. The van der Waals surface area contributed by atoms with Crippen LogP contribution in [0.15, 0.2) is 84.1 Å². The molecule has 2 heterocycles. The lowest BCUT2D eigenvalue weighted by Crippen LogP contribution is -2.15. The number of hydrogen-bond acceptors (Lipinski definition) is 5. The van der Waals surface area contributed by atoms with Crippen molar-refractivity contribution in [2.75, 3.05) is 17.7 Å². The van der Waals surface area contributed by atoms with Gasteiger partial charge in [0.05, 0.1) is 18.0 Å². The molecule has 5 rings (SSSR count). The number of carbonyl (C=O) groups excluding carboxylic acids is 1. The Hall–Kier alpha value is -4.11. The van der Waals surface area contributed by atoms with Gasteiger partial charge in [-0.05, 0) is 49.4 Å². The molecular weight excluding hydrogens is 465 g/mol. The zero-order chi connectivity index (χ0) is 24.2. The van der Waals surface area contributed by atoms with Gasteiger partial charge in [0, 0.05) is 28.4 Å². The summed E-state index contributed by atoms with van der Waals surface area (Å²) in [6.07, 6.45) is 1.88. The predicted octanol–water partition coefficient (Wildman–Crippen LogP) is 5.68. The van der Waals surface area contributed by atoms with Crippen molar-refractivity contribution in [2.24, 2.45) is 0 Å². The molecule has 2 N–H and O–H groups in total. The minimum absolute atomic E-state index is 0.105. The normalized spacial score (nSPS) is 11.0. The summed E-state index contributed by atoms with van der Waals surface area (Å²) in [5.41, 5.74) is 3.14. The number of halogens is 1. The highest BCUT2D eigenvalue weighted by Crippen LogP contribution is 2.32. The summed E-state index contributed by atoms with van der Waals surface area (Å²) < 4.78 is 21.1. The number of nitrogens with zero attached hydrogens (tertiary/aromatic N) is 3. The maximum atomic E-state index is 13.6. The van der Waals surface area contributed by atoms with E-state index in [4.69, 9.17) is 4.74 Å². The summed E-state index contributed by atoms with van der Waals surface area (Å²) in [6, 6.07) is 21.3. The Bertz CT molecular complexity index is 1480. The third-order valence-corrected chi connectivity index (χ3v) is 6.27. The highest BCUT2D eigenvalue weighted by atomic mass is 32.2. The Morgan fingerprint density at radius 1 is 1.06 bits per heavy atom. The van der Waals surface area contributed by atoms with Crippen LogP contribution in [0.5, 0.6) is 5.75 Å². The van der Waals surface area contributed by atoms with Crippen molar-refractivity contribution in [3.05, 3.63) is 84.8 Å². The molecule has 35 heavy (non-hydrogen) atoms. The van der Waals surface area contributed by atoms with Gasteiger partial charge in [-0.15, -0.1) is 10.2 Å². The number of rotatable bonds is 8. The zero-order valence-electron chi connectivity index (χ0n) is 18.9. The van der Waals surface area contributed by atoms with Crippen LogP contribution >= 0.6 is 11.8 Å². The first-order chi connectivity index (χ1) is 17.1. The summed E-state index contributed by atoms with van der Waals surface area (Å²) in [5, 5.41) is 13.2. The fraction of sp³-hybridized carbons (Fsp3) is 0.115. The number of anilines is 1. The van der Waals surface area contributed by atoms with Gasteiger partial charge in [0.2, 0.25) is 5.91 Å². The lowest BCUT2D eigenvalue weighted by atomic mass is 10.1. The van der Waals surface area contributed by atoms with Crippen molar-refractivity contribution < 1.29 is 13.9 Å². The lowest BCUT2D eigenvalue weighted by Gasteiger charge is -2.12. The van der Waals surface area contributed by atoms with E-state index in [2.05, 4.69) is 20.5 Å². The highest BCUT2D eigenvalue weighted by molar-refractivity contribution is 7.99. The number of H-pyrrole nitrogens is 1. The summed E-state index contributed by atoms with van der Waals surface area (Å²) >= 11 is 1.25. The summed E-state index contributed by atoms with van der Waals surface area (Å²) in [5.74, 6) is 0.776. The Labute approximate surface area is 205 Å². The molecule has 0 saturated carbocycles. The quantitative estimate of drug-likeness (QED) is 0.275. The number of amides is 1. The second-order valence-corrected chi connectivity index (χ2v) is 8.57. The van der Waals surface area contributed by atoms with Gasteiger partial charge in [-0.25, -0.2) is 4.39 Å². The molecule has 0 atom stereocenters. The number of fused-ring (bicyclic) bond motifs is 1. The standard InChI is InChI=1S/C26H22FN5O2S/c1-2-34-23-10-6-5-9-22(23)29-24(33)16-35-26-31-30-25(32(26)18-13-11-17(27)12-14-18)20-15-28-21-8-4-3-7-19(20)21/h3-15,28H,2,16H2,1H3,(H,29,33). The van der Waals surface area contributed by atoms with E-state index in [0.717, 1.165) is 16.5 Å². The number of aromatic amines is 1. The first-order valence-corrected chi connectivity index (χ1v) is 12.0. The molecule has 0 saturated heterocycles. The molecule has 3 aromatic carbocycles. The molecule has 5 aromatic rings. The van der Waals surface area contributed by atoms with Crippen molar-refractivity contribution in [3.8, 4) is 22.8 Å². The van der Waals surface area contributed by atoms with Crippen molar-refractivity contribution in [1.82, 2.24) is 19.7 Å². The number of ether oxygens (including phenoxy) is 1. The Morgan fingerprint density at radius 3 is 2.66 bits per heavy atom. The fourth-order valence-corrected chi connectivity index (χ4v) is 4.54. The largest absolute Gasteiger partial charge is 0.492 e. The molecule has 0 spiro atoms. The third-order valence-electron chi connectivity index (χ3n) is 5.34. The van der Waals surface area contributed by atoms with Crippen LogP contribution in [0.2, 0.25) is 0 Å². The van der Waals surface area contributed by atoms with Crippen LogP contribution in [0, 0.1) is 5.82 Å². The van der Waals surface area contributed by atoms with Crippen LogP contribution in [-0.4, -0.2) is 38.0 Å². The van der Waals surface area contributed by atoms with E-state index in [0.29, 0.717) is 34.7 Å². The van der Waals surface area contributed by atoms with Crippen molar-refractivity contribution in [3.63, 3.8) is 0 Å². The van der Waals surface area contributed by atoms with Crippen LogP contribution in [0.1, 0.15) is 6.92 Å². The van der Waals surface area contributed by atoms with Crippen LogP contribution in [0.3, 0.4) is 0 Å². The van der Waals surface area contributed by atoms with Gasteiger partial charge in [-0.1, -0.05) is 42.1 Å². The maximum absolute atomic E-state index is 13.6. The minimum atomic E-state index is -0.336. The number of benzene rings is 3. The molecule has 0 aliphatic heterocycles. The second-order valence-electron chi connectivity index (χ2n) is 7.63. The minimum Gasteiger partial charge on any atom is -0.492 e. The van der Waals surface area contributed by atoms with Crippen molar-refractivity contribution in [1.29, 1.82) is 0 Å². The van der Waals surface area contributed by atoms with Gasteiger partial charge >= 0.3 is 0 Å². The van der Waals surface area contributed by atoms with Gasteiger partial charge in [0.15, 0.2) is 11.0 Å². The van der Waals surface area contributed by atoms with Gasteiger partial charge < -0.3 is 15.0 Å². The number of para-hydroxylation sites is 3. The molecule has 1 amide bonds. The first-order valence-electron chi connectivity index (χ1n) is 11.1. The van der Waals surface area contributed by atoms with E-state index in [-0.39, 0.29) is 17.5 Å². The average molecular weight is 488 g/mol. The Kier molecular flexibility index (Phi) is 6.49. The van der Waals surface area contributed by atoms with E-state index in [1.54, 1.807) is 18.2 Å². The molecule has 9 heteroatoms. The monoisotopic (exact) mass is 487 g/mol. The van der Waals surface area contributed by atoms with Gasteiger partial charge in [0.1, 0.15) is 11.6 Å². The van der Waals surface area contributed by atoms with Gasteiger partial charge in [-0.2, -0.15) is 0 Å². The van der Waals surface area contributed by atoms with E-state index in [1.807, 2.05) is 60.2 Å². The molecule has 0 aliphatic rings. The number of hydrogen-bond donors (Lipinski definition) is 2. The number of thioether (sulfide) groups is 1. The molecular formula is C26H22FN5O2S. The maximum Gasteiger partial charge on any atom is 0.234 e. The van der Waals surface area contributed by atoms with Crippen LogP contribution in [0.4, 0.5) is 10.1 Å². The first kappa shape index (κ1) is 22.7. The number of nitrogens with one attached hydrogen (secondary N) is 2. The molecule has 0 bridgehead atoms. The zero-order valence-corrected chi connectivity index (χ0v) is 19.7.